The second-order valence-electron chi connectivity index (χ2n) is 3.14. The van der Waals surface area contributed by atoms with Gasteiger partial charge in [0.15, 0.2) is 0 Å². The van der Waals surface area contributed by atoms with Crippen molar-refractivity contribution in [3.05, 3.63) is 25.7 Å². The number of hydrazone groups is 1. The molecular formula is C11H9BrIN3O2. The highest BCUT2D eigenvalue weighted by Crippen LogP contribution is 2.28. The number of methoxy groups -OCH3 is 1. The molecule has 0 saturated heterocycles. The van der Waals surface area contributed by atoms with Crippen LogP contribution >= 0.6 is 38.5 Å². The van der Waals surface area contributed by atoms with Crippen LogP contribution in [0.25, 0.3) is 0 Å². The van der Waals surface area contributed by atoms with Crippen molar-refractivity contribution in [2.24, 2.45) is 5.10 Å². The topological polar surface area (TPSA) is 74.5 Å². The summed E-state index contributed by atoms with van der Waals surface area (Å²) in [6.45, 7) is 0. The summed E-state index contributed by atoms with van der Waals surface area (Å²) in [6, 6.07) is 5.47. The molecule has 5 nitrogen and oxygen atoms in total. The van der Waals surface area contributed by atoms with Crippen molar-refractivity contribution in [2.45, 2.75) is 6.42 Å². The van der Waals surface area contributed by atoms with Gasteiger partial charge in [0.25, 0.3) is 5.91 Å². The molecule has 0 atom stereocenters. The predicted octanol–water partition coefficient (Wildman–Crippen LogP) is 2.43. The number of nitrogens with one attached hydrogen (secondary N) is 1. The maximum Gasteiger partial charge on any atom is 0.254 e. The first-order valence-electron chi connectivity index (χ1n) is 4.80. The summed E-state index contributed by atoms with van der Waals surface area (Å²) in [6.07, 6.45) is 1.26. The van der Waals surface area contributed by atoms with E-state index in [1.54, 1.807) is 13.2 Å². The van der Waals surface area contributed by atoms with Crippen LogP contribution in [0.15, 0.2) is 21.7 Å². The Hall–Kier alpha value is -1.14. The van der Waals surface area contributed by atoms with Crippen LogP contribution in [0, 0.1) is 14.9 Å². The molecule has 18 heavy (non-hydrogen) atoms. The van der Waals surface area contributed by atoms with Gasteiger partial charge in [-0.05, 0) is 34.7 Å². The van der Waals surface area contributed by atoms with E-state index >= 15 is 0 Å². The third-order valence-electron chi connectivity index (χ3n) is 1.87. The van der Waals surface area contributed by atoms with Gasteiger partial charge >= 0.3 is 0 Å². The first kappa shape index (κ1) is 14.9. The average molecular weight is 422 g/mol. The zero-order valence-corrected chi connectivity index (χ0v) is 13.1. The van der Waals surface area contributed by atoms with Gasteiger partial charge in [0, 0.05) is 10.0 Å². The Morgan fingerprint density at radius 1 is 1.72 bits per heavy atom. The van der Waals surface area contributed by atoms with Gasteiger partial charge in [-0.15, -0.1) is 0 Å². The van der Waals surface area contributed by atoms with Crippen LogP contribution < -0.4 is 10.2 Å². The second-order valence-corrected chi connectivity index (χ2v) is 5.22. The van der Waals surface area contributed by atoms with E-state index in [0.717, 1.165) is 13.6 Å². The molecule has 7 heteroatoms. The number of nitriles is 1. The number of amides is 1. The number of hydrogen-bond acceptors (Lipinski definition) is 4. The number of halogens is 2. The molecule has 0 aromatic heterocycles. The summed E-state index contributed by atoms with van der Waals surface area (Å²) in [4.78, 5) is 11.0. The van der Waals surface area contributed by atoms with Crippen molar-refractivity contribution in [3.8, 4) is 11.8 Å². The number of ether oxygens (including phenoxy) is 1. The smallest absolute Gasteiger partial charge is 0.254 e. The van der Waals surface area contributed by atoms with Crippen LogP contribution in [-0.2, 0) is 4.79 Å². The Morgan fingerprint density at radius 2 is 2.44 bits per heavy atom. The number of carbonyl (C=O) groups is 1. The molecule has 0 fully saturated rings. The fourth-order valence-electron chi connectivity index (χ4n) is 1.18. The van der Waals surface area contributed by atoms with Gasteiger partial charge in [0.05, 0.1) is 23.0 Å². The molecule has 0 saturated carbocycles. The number of nitrogens with zero attached hydrogens (tertiary/aromatic N) is 2. The highest BCUT2D eigenvalue weighted by molar-refractivity contribution is 14.1. The maximum absolute atomic E-state index is 11.0. The van der Waals surface area contributed by atoms with E-state index in [1.165, 1.54) is 6.21 Å². The molecule has 94 valence electrons. The van der Waals surface area contributed by atoms with Crippen LogP contribution in [0.1, 0.15) is 12.0 Å². The monoisotopic (exact) mass is 421 g/mol. The van der Waals surface area contributed by atoms with Gasteiger partial charge < -0.3 is 4.74 Å². The third kappa shape index (κ3) is 4.27. The summed E-state index contributed by atoms with van der Waals surface area (Å²) in [5.41, 5.74) is 2.99. The largest absolute Gasteiger partial charge is 0.495 e. The summed E-state index contributed by atoms with van der Waals surface area (Å²) in [5, 5.41) is 12.1. The molecule has 1 amide bonds. The number of benzene rings is 1. The van der Waals surface area contributed by atoms with E-state index in [-0.39, 0.29) is 6.42 Å². The zero-order chi connectivity index (χ0) is 13.5. The lowest BCUT2D eigenvalue weighted by molar-refractivity contribution is -0.120. The molecule has 1 aromatic carbocycles. The Labute approximate surface area is 126 Å². The van der Waals surface area contributed by atoms with Gasteiger partial charge in [0.2, 0.25) is 0 Å². The molecule has 0 aliphatic rings. The molecule has 1 N–H and O–H groups in total. The van der Waals surface area contributed by atoms with Crippen molar-refractivity contribution in [3.63, 3.8) is 0 Å². The molecule has 0 aliphatic carbocycles. The van der Waals surface area contributed by atoms with Crippen molar-refractivity contribution in [1.29, 1.82) is 5.26 Å². The lowest BCUT2D eigenvalue weighted by atomic mass is 10.2. The van der Waals surface area contributed by atoms with Crippen LogP contribution in [-0.4, -0.2) is 19.2 Å². The Morgan fingerprint density at radius 3 is 3.06 bits per heavy atom. The van der Waals surface area contributed by atoms with Crippen LogP contribution in [0.5, 0.6) is 5.75 Å². The highest BCUT2D eigenvalue weighted by Gasteiger charge is 2.07. The van der Waals surface area contributed by atoms with Crippen LogP contribution in [0.4, 0.5) is 0 Å². The minimum Gasteiger partial charge on any atom is -0.495 e. The molecule has 1 aromatic rings. The summed E-state index contributed by atoms with van der Waals surface area (Å²) in [7, 11) is 1.57. The van der Waals surface area contributed by atoms with Crippen LogP contribution in [0.2, 0.25) is 0 Å². The van der Waals surface area contributed by atoms with Gasteiger partial charge in [-0.1, -0.05) is 15.9 Å². The minimum absolute atomic E-state index is 0.218. The third-order valence-corrected chi connectivity index (χ3v) is 3.13. The quantitative estimate of drug-likeness (QED) is 0.461. The van der Waals surface area contributed by atoms with Crippen molar-refractivity contribution >= 4 is 50.6 Å². The van der Waals surface area contributed by atoms with E-state index in [9.17, 15) is 4.79 Å². The summed E-state index contributed by atoms with van der Waals surface area (Å²) < 4.78 is 7.06. The second kappa shape index (κ2) is 7.33. The molecule has 0 unspecified atom stereocenters. The lowest BCUT2D eigenvalue weighted by Crippen LogP contribution is -2.16. The molecular weight excluding hydrogens is 413 g/mol. The van der Waals surface area contributed by atoms with Crippen molar-refractivity contribution < 1.29 is 9.53 Å². The standard InChI is InChI=1S/C11H9BrIN3O2/c1-18-11-7(4-8(12)5-9(11)13)6-15-16-10(17)2-3-14/h4-6H,2H2,1H3,(H,16,17). The molecule has 0 aliphatic heterocycles. The van der Waals surface area contributed by atoms with Gasteiger partial charge in [-0.3, -0.25) is 4.79 Å². The predicted molar refractivity (Wildman–Crippen MR) is 79.4 cm³/mol. The molecule has 0 radical (unpaired) electrons. The molecule has 1 rings (SSSR count). The van der Waals surface area contributed by atoms with E-state index in [4.69, 9.17) is 10.00 Å². The van der Waals surface area contributed by atoms with E-state index in [1.807, 2.05) is 12.1 Å². The van der Waals surface area contributed by atoms with Gasteiger partial charge in [-0.2, -0.15) is 10.4 Å². The minimum atomic E-state index is -0.447. The average Bonchev–Trinajstić information content (AvgIpc) is 2.28. The normalized spacial score (nSPS) is 10.1. The van der Waals surface area contributed by atoms with E-state index < -0.39 is 5.91 Å². The van der Waals surface area contributed by atoms with Crippen molar-refractivity contribution in [1.82, 2.24) is 5.43 Å². The van der Waals surface area contributed by atoms with Gasteiger partial charge in [-0.25, -0.2) is 5.43 Å². The molecule has 0 bridgehead atoms. The summed E-state index contributed by atoms with van der Waals surface area (Å²) >= 11 is 5.51. The van der Waals surface area contributed by atoms with Gasteiger partial charge in [0.1, 0.15) is 12.2 Å². The van der Waals surface area contributed by atoms with Crippen LogP contribution in [0.3, 0.4) is 0 Å². The zero-order valence-electron chi connectivity index (χ0n) is 9.41. The van der Waals surface area contributed by atoms with E-state index in [0.29, 0.717) is 5.75 Å². The highest BCUT2D eigenvalue weighted by atomic mass is 127. The van der Waals surface area contributed by atoms with E-state index in [2.05, 4.69) is 49.0 Å². The number of hydrogen-bond donors (Lipinski definition) is 1. The lowest BCUT2D eigenvalue weighted by Gasteiger charge is -2.07. The number of rotatable bonds is 4. The Bertz CT molecular complexity index is 526. The fourth-order valence-corrected chi connectivity index (χ4v) is 2.95. The Kier molecular flexibility index (Phi) is 6.07. The maximum atomic E-state index is 11.0. The SMILES string of the molecule is COc1c(I)cc(Br)cc1C=NNC(=O)CC#N. The number of carbonyl (C=O) groups excluding carboxylic acids is 1. The molecule has 0 spiro atoms. The Balaban J connectivity index is 2.87. The fraction of sp³-hybridized carbons (Fsp3) is 0.182. The molecule has 0 heterocycles. The first-order chi connectivity index (χ1) is 8.58. The van der Waals surface area contributed by atoms with Crippen molar-refractivity contribution in [2.75, 3.05) is 7.11 Å². The first-order valence-corrected chi connectivity index (χ1v) is 6.67. The summed E-state index contributed by atoms with van der Waals surface area (Å²) in [5.74, 6) is 0.231.